The van der Waals surface area contributed by atoms with Gasteiger partial charge < -0.3 is 20.2 Å². The zero-order valence-electron chi connectivity index (χ0n) is 16.5. The fourth-order valence-corrected chi connectivity index (χ4v) is 3.38. The van der Waals surface area contributed by atoms with Gasteiger partial charge in [0.25, 0.3) is 11.8 Å². The number of likely N-dealkylation sites (N-methyl/N-ethyl adjacent to an activating group) is 2. The molecule has 2 N–H and O–H groups in total. The van der Waals surface area contributed by atoms with Gasteiger partial charge in [-0.2, -0.15) is 0 Å². The van der Waals surface area contributed by atoms with Crippen LogP contribution in [0.25, 0.3) is 0 Å². The second-order valence-corrected chi connectivity index (χ2v) is 7.24. The standard InChI is InChI=1S/C21H24N4O4/c1-24-11-3-4-17(13-24)25(2)20(27)14-5-8-16(9-6-14)23-19(26)15-7-10-18(21(28)29)22-12-15/h5-10,12,17H,3-4,11,13H2,1-2H3,(H,23,26)(H,28,29). The van der Waals surface area contributed by atoms with E-state index in [0.29, 0.717) is 11.3 Å². The number of piperidine rings is 1. The van der Waals surface area contributed by atoms with E-state index in [9.17, 15) is 14.4 Å². The summed E-state index contributed by atoms with van der Waals surface area (Å²) < 4.78 is 0. The number of benzene rings is 1. The number of rotatable bonds is 5. The van der Waals surface area contributed by atoms with Gasteiger partial charge in [-0.1, -0.05) is 0 Å². The molecule has 1 aliphatic heterocycles. The molecule has 2 amide bonds. The van der Waals surface area contributed by atoms with Gasteiger partial charge in [0, 0.05) is 37.1 Å². The Balaban J connectivity index is 1.62. The molecule has 0 spiro atoms. The van der Waals surface area contributed by atoms with Gasteiger partial charge in [0.05, 0.1) is 5.56 Å². The zero-order chi connectivity index (χ0) is 21.0. The van der Waals surface area contributed by atoms with Gasteiger partial charge in [-0.25, -0.2) is 9.78 Å². The molecule has 0 aliphatic carbocycles. The first-order valence-electron chi connectivity index (χ1n) is 9.41. The van der Waals surface area contributed by atoms with Crippen LogP contribution in [0.1, 0.15) is 44.0 Å². The van der Waals surface area contributed by atoms with Crippen LogP contribution in [0.15, 0.2) is 42.6 Å². The van der Waals surface area contributed by atoms with Crippen molar-refractivity contribution in [2.75, 3.05) is 32.5 Å². The van der Waals surface area contributed by atoms with E-state index in [0.717, 1.165) is 25.9 Å². The number of anilines is 1. The minimum Gasteiger partial charge on any atom is -0.477 e. The summed E-state index contributed by atoms with van der Waals surface area (Å²) in [5.74, 6) is -1.60. The molecule has 29 heavy (non-hydrogen) atoms. The highest BCUT2D eigenvalue weighted by atomic mass is 16.4. The predicted molar refractivity (Wildman–Crippen MR) is 108 cm³/mol. The number of carbonyl (C=O) groups is 3. The molecule has 1 atom stereocenters. The highest BCUT2D eigenvalue weighted by Crippen LogP contribution is 2.18. The summed E-state index contributed by atoms with van der Waals surface area (Å²) in [6.45, 7) is 1.92. The Morgan fingerprint density at radius 1 is 1.14 bits per heavy atom. The Morgan fingerprint density at radius 2 is 1.83 bits per heavy atom. The molecule has 1 fully saturated rings. The monoisotopic (exact) mass is 396 g/mol. The summed E-state index contributed by atoms with van der Waals surface area (Å²) in [6, 6.07) is 9.59. The van der Waals surface area contributed by atoms with Crippen molar-refractivity contribution < 1.29 is 19.5 Å². The van der Waals surface area contributed by atoms with Gasteiger partial charge in [0.2, 0.25) is 0 Å². The molecule has 1 aromatic heterocycles. The van der Waals surface area contributed by atoms with E-state index >= 15 is 0 Å². The highest BCUT2D eigenvalue weighted by Gasteiger charge is 2.25. The van der Waals surface area contributed by atoms with E-state index in [1.54, 1.807) is 29.2 Å². The van der Waals surface area contributed by atoms with Crippen LogP contribution in [-0.2, 0) is 0 Å². The Bertz CT molecular complexity index is 896. The molecule has 3 rings (SSSR count). The van der Waals surface area contributed by atoms with Gasteiger partial charge in [0.1, 0.15) is 5.69 Å². The smallest absolute Gasteiger partial charge is 0.354 e. The minimum absolute atomic E-state index is 0.0448. The zero-order valence-corrected chi connectivity index (χ0v) is 16.5. The second kappa shape index (κ2) is 8.83. The van der Waals surface area contributed by atoms with E-state index in [1.165, 1.54) is 18.3 Å². The van der Waals surface area contributed by atoms with Gasteiger partial charge in [0.15, 0.2) is 0 Å². The number of aromatic nitrogens is 1. The third-order valence-electron chi connectivity index (χ3n) is 5.10. The van der Waals surface area contributed by atoms with Gasteiger partial charge in [-0.15, -0.1) is 0 Å². The molecule has 1 unspecified atom stereocenters. The van der Waals surface area contributed by atoms with Crippen LogP contribution >= 0.6 is 0 Å². The number of pyridine rings is 1. The lowest BCUT2D eigenvalue weighted by Crippen LogP contribution is -2.47. The summed E-state index contributed by atoms with van der Waals surface area (Å²) in [4.78, 5) is 43.6. The van der Waals surface area contributed by atoms with Crippen molar-refractivity contribution in [3.8, 4) is 0 Å². The van der Waals surface area contributed by atoms with Crippen molar-refractivity contribution >= 4 is 23.5 Å². The minimum atomic E-state index is -1.15. The Labute approximate surface area is 169 Å². The van der Waals surface area contributed by atoms with E-state index < -0.39 is 11.9 Å². The van der Waals surface area contributed by atoms with Crippen molar-refractivity contribution in [1.29, 1.82) is 0 Å². The summed E-state index contributed by atoms with van der Waals surface area (Å²) in [7, 11) is 3.89. The summed E-state index contributed by atoms with van der Waals surface area (Å²) >= 11 is 0. The molecule has 8 nitrogen and oxygen atoms in total. The second-order valence-electron chi connectivity index (χ2n) is 7.24. The average Bonchev–Trinajstić information content (AvgIpc) is 2.73. The van der Waals surface area contributed by atoms with E-state index in [-0.39, 0.29) is 23.2 Å². The average molecular weight is 396 g/mol. The molecule has 0 saturated carbocycles. The number of aromatic carboxylic acids is 1. The van der Waals surface area contributed by atoms with Gasteiger partial charge in [-0.3, -0.25) is 9.59 Å². The van der Waals surface area contributed by atoms with Crippen molar-refractivity contribution in [2.45, 2.75) is 18.9 Å². The molecular formula is C21H24N4O4. The van der Waals surface area contributed by atoms with Crippen molar-refractivity contribution in [1.82, 2.24) is 14.8 Å². The fourth-order valence-electron chi connectivity index (χ4n) is 3.38. The molecule has 8 heteroatoms. The molecule has 1 aliphatic rings. The number of amides is 2. The molecule has 2 aromatic rings. The van der Waals surface area contributed by atoms with Gasteiger partial charge in [-0.05, 0) is 62.8 Å². The topological polar surface area (TPSA) is 103 Å². The number of hydrogen-bond donors (Lipinski definition) is 2. The Kier molecular flexibility index (Phi) is 6.23. The molecule has 2 heterocycles. The van der Waals surface area contributed by atoms with Crippen LogP contribution < -0.4 is 5.32 Å². The Hall–Kier alpha value is -3.26. The first-order valence-corrected chi connectivity index (χ1v) is 9.41. The van der Waals surface area contributed by atoms with Crippen LogP contribution in [0.2, 0.25) is 0 Å². The number of likely N-dealkylation sites (tertiary alicyclic amines) is 1. The molecule has 0 bridgehead atoms. The number of hydrogen-bond acceptors (Lipinski definition) is 5. The third-order valence-corrected chi connectivity index (χ3v) is 5.10. The number of carboxylic acids is 1. The number of nitrogens with zero attached hydrogens (tertiary/aromatic N) is 3. The fraction of sp³-hybridized carbons (Fsp3) is 0.333. The van der Waals surface area contributed by atoms with E-state index in [1.807, 2.05) is 7.05 Å². The molecule has 1 saturated heterocycles. The number of carboxylic acid groups (broad SMARTS) is 1. The lowest BCUT2D eigenvalue weighted by Gasteiger charge is -2.35. The molecule has 0 radical (unpaired) electrons. The predicted octanol–water partition coefficient (Wildman–Crippen LogP) is 2.20. The lowest BCUT2D eigenvalue weighted by atomic mass is 10.0. The van der Waals surface area contributed by atoms with Crippen LogP contribution in [0.5, 0.6) is 0 Å². The first-order chi connectivity index (χ1) is 13.8. The van der Waals surface area contributed by atoms with Crippen molar-refractivity contribution in [3.05, 3.63) is 59.4 Å². The quantitative estimate of drug-likeness (QED) is 0.803. The SMILES string of the molecule is CN1CCCC(N(C)C(=O)c2ccc(NC(=O)c3ccc(C(=O)O)nc3)cc2)C1. The lowest BCUT2D eigenvalue weighted by molar-refractivity contribution is 0.0642. The van der Waals surface area contributed by atoms with E-state index in [4.69, 9.17) is 5.11 Å². The number of carbonyl (C=O) groups excluding carboxylic acids is 2. The van der Waals surface area contributed by atoms with Crippen LogP contribution in [0, 0.1) is 0 Å². The van der Waals surface area contributed by atoms with Crippen molar-refractivity contribution in [2.24, 2.45) is 0 Å². The molecule has 152 valence electrons. The van der Waals surface area contributed by atoms with Crippen LogP contribution in [-0.4, -0.2) is 70.9 Å². The summed E-state index contributed by atoms with van der Waals surface area (Å²) in [5.41, 5.74) is 1.22. The summed E-state index contributed by atoms with van der Waals surface area (Å²) in [6.07, 6.45) is 3.29. The maximum Gasteiger partial charge on any atom is 0.354 e. The van der Waals surface area contributed by atoms with Crippen LogP contribution in [0.4, 0.5) is 5.69 Å². The summed E-state index contributed by atoms with van der Waals surface area (Å²) in [5, 5.41) is 11.6. The van der Waals surface area contributed by atoms with Gasteiger partial charge >= 0.3 is 5.97 Å². The van der Waals surface area contributed by atoms with Crippen molar-refractivity contribution in [3.63, 3.8) is 0 Å². The molecular weight excluding hydrogens is 372 g/mol. The first kappa shape index (κ1) is 20.5. The highest BCUT2D eigenvalue weighted by molar-refractivity contribution is 6.04. The third kappa shape index (κ3) is 4.97. The van der Waals surface area contributed by atoms with Crippen LogP contribution in [0.3, 0.4) is 0 Å². The van der Waals surface area contributed by atoms with E-state index in [2.05, 4.69) is 22.2 Å². The number of nitrogens with one attached hydrogen (secondary N) is 1. The largest absolute Gasteiger partial charge is 0.477 e. The molecule has 1 aromatic carbocycles. The maximum absolute atomic E-state index is 12.8. The normalized spacial score (nSPS) is 16.8. The maximum atomic E-state index is 12.8. The Morgan fingerprint density at radius 3 is 2.41 bits per heavy atom.